The number of benzene rings is 1. The van der Waals surface area contributed by atoms with Crippen LogP contribution >= 0.6 is 15.9 Å². The second-order valence-corrected chi connectivity index (χ2v) is 4.94. The van der Waals surface area contributed by atoms with E-state index in [0.29, 0.717) is 0 Å². The first-order valence-corrected chi connectivity index (χ1v) is 6.01. The van der Waals surface area contributed by atoms with Crippen molar-refractivity contribution in [3.63, 3.8) is 0 Å². The normalized spacial score (nSPS) is 12.3. The zero-order valence-electron chi connectivity index (χ0n) is 9.30. The molecule has 1 N–H and O–H groups in total. The summed E-state index contributed by atoms with van der Waals surface area (Å²) in [6.45, 7) is 5.91. The molecule has 15 heavy (non-hydrogen) atoms. The molecule has 0 aliphatic heterocycles. The van der Waals surface area contributed by atoms with E-state index in [1.165, 1.54) is 5.56 Å². The number of halogens is 1. The van der Waals surface area contributed by atoms with Gasteiger partial charge in [0.05, 0.1) is 4.83 Å². The Labute approximate surface area is 99.2 Å². The van der Waals surface area contributed by atoms with Gasteiger partial charge in [0.2, 0.25) is 5.91 Å². The first-order valence-electron chi connectivity index (χ1n) is 5.09. The molecule has 0 radical (unpaired) electrons. The van der Waals surface area contributed by atoms with E-state index in [0.717, 1.165) is 17.7 Å². The average Bonchev–Trinajstić information content (AvgIpc) is 2.20. The molecule has 82 valence electrons. The molecular formula is C12H16BrNO. The minimum absolute atomic E-state index is 0.000926. The number of para-hydroxylation sites is 1. The van der Waals surface area contributed by atoms with Crippen molar-refractivity contribution in [2.75, 3.05) is 5.32 Å². The highest BCUT2D eigenvalue weighted by Crippen LogP contribution is 2.21. The highest BCUT2D eigenvalue weighted by atomic mass is 79.9. The van der Waals surface area contributed by atoms with E-state index < -0.39 is 0 Å². The van der Waals surface area contributed by atoms with Crippen LogP contribution in [0.15, 0.2) is 18.2 Å². The molecule has 0 aromatic heterocycles. The number of aryl methyl sites for hydroxylation is 2. The summed E-state index contributed by atoms with van der Waals surface area (Å²) in [4.78, 5) is 11.4. The molecule has 3 heteroatoms. The Bertz CT molecular complexity index is 361. The zero-order valence-corrected chi connectivity index (χ0v) is 10.9. The van der Waals surface area contributed by atoms with Crippen molar-refractivity contribution in [2.24, 2.45) is 0 Å². The van der Waals surface area contributed by atoms with Gasteiger partial charge in [0.25, 0.3) is 0 Å². The maximum Gasteiger partial charge on any atom is 0.237 e. The molecule has 0 heterocycles. The van der Waals surface area contributed by atoms with Gasteiger partial charge in [-0.1, -0.05) is 41.1 Å². The molecule has 2 nitrogen and oxygen atoms in total. The zero-order chi connectivity index (χ0) is 11.4. The summed E-state index contributed by atoms with van der Waals surface area (Å²) in [7, 11) is 0. The van der Waals surface area contributed by atoms with E-state index in [1.54, 1.807) is 0 Å². The maximum atomic E-state index is 11.6. The number of rotatable bonds is 3. The third kappa shape index (κ3) is 3.06. The number of nitrogens with one attached hydrogen (secondary N) is 1. The highest BCUT2D eigenvalue weighted by Gasteiger charge is 2.12. The third-order valence-corrected chi connectivity index (χ3v) is 2.77. The van der Waals surface area contributed by atoms with Crippen molar-refractivity contribution in [3.8, 4) is 0 Å². The van der Waals surface area contributed by atoms with Crippen LogP contribution in [0.4, 0.5) is 5.69 Å². The molecule has 0 saturated heterocycles. The monoisotopic (exact) mass is 269 g/mol. The minimum Gasteiger partial charge on any atom is -0.325 e. The summed E-state index contributed by atoms with van der Waals surface area (Å²) in [6.07, 6.45) is 0.925. The van der Waals surface area contributed by atoms with E-state index in [-0.39, 0.29) is 10.7 Å². The van der Waals surface area contributed by atoms with Crippen LogP contribution in [0.25, 0.3) is 0 Å². The number of anilines is 1. The van der Waals surface area contributed by atoms with Gasteiger partial charge in [-0.3, -0.25) is 4.79 Å². The van der Waals surface area contributed by atoms with Gasteiger partial charge in [-0.05, 0) is 31.4 Å². The molecule has 0 fully saturated rings. The third-order valence-electron chi connectivity index (χ3n) is 2.35. The Morgan fingerprint density at radius 1 is 1.53 bits per heavy atom. The minimum atomic E-state index is -0.165. The number of alkyl halides is 1. The van der Waals surface area contributed by atoms with Crippen LogP contribution in [0.5, 0.6) is 0 Å². The van der Waals surface area contributed by atoms with Gasteiger partial charge < -0.3 is 5.32 Å². The summed E-state index contributed by atoms with van der Waals surface area (Å²) >= 11 is 3.26. The lowest BCUT2D eigenvalue weighted by Gasteiger charge is -2.13. The lowest BCUT2D eigenvalue weighted by Crippen LogP contribution is -2.21. The highest BCUT2D eigenvalue weighted by molar-refractivity contribution is 9.10. The van der Waals surface area contributed by atoms with E-state index in [9.17, 15) is 4.79 Å². The number of carbonyl (C=O) groups excluding carboxylic acids is 1. The van der Waals surface area contributed by atoms with Crippen molar-refractivity contribution < 1.29 is 4.79 Å². The molecular weight excluding hydrogens is 254 g/mol. The van der Waals surface area contributed by atoms with Crippen molar-refractivity contribution in [2.45, 2.75) is 32.0 Å². The fraction of sp³-hybridized carbons (Fsp3) is 0.417. The van der Waals surface area contributed by atoms with Crippen LogP contribution in [-0.4, -0.2) is 10.7 Å². The Hall–Kier alpha value is -0.830. The van der Waals surface area contributed by atoms with Crippen LogP contribution in [0, 0.1) is 6.92 Å². The van der Waals surface area contributed by atoms with Crippen LogP contribution < -0.4 is 5.32 Å². The van der Waals surface area contributed by atoms with Crippen LogP contribution in [0.2, 0.25) is 0 Å². The molecule has 1 aromatic carbocycles. The van der Waals surface area contributed by atoms with E-state index in [4.69, 9.17) is 0 Å². The topological polar surface area (TPSA) is 29.1 Å². The largest absolute Gasteiger partial charge is 0.325 e. The predicted octanol–water partition coefficient (Wildman–Crippen LogP) is 3.28. The Morgan fingerprint density at radius 2 is 2.20 bits per heavy atom. The van der Waals surface area contributed by atoms with Gasteiger partial charge in [-0.2, -0.15) is 0 Å². The quantitative estimate of drug-likeness (QED) is 0.839. The number of hydrogen-bond acceptors (Lipinski definition) is 1. The Balaban J connectivity index is 2.97. The molecule has 0 aliphatic rings. The first-order chi connectivity index (χ1) is 7.06. The second kappa shape index (κ2) is 5.31. The van der Waals surface area contributed by atoms with Crippen LogP contribution in [0.3, 0.4) is 0 Å². The molecule has 0 bridgehead atoms. The molecule has 0 unspecified atom stereocenters. The van der Waals surface area contributed by atoms with Gasteiger partial charge in [0, 0.05) is 5.69 Å². The average molecular weight is 270 g/mol. The molecule has 0 saturated carbocycles. The summed E-state index contributed by atoms with van der Waals surface area (Å²) in [6, 6.07) is 6.07. The van der Waals surface area contributed by atoms with Crippen LogP contribution in [-0.2, 0) is 11.2 Å². The van der Waals surface area contributed by atoms with Gasteiger partial charge in [-0.15, -0.1) is 0 Å². The fourth-order valence-corrected chi connectivity index (χ4v) is 1.54. The summed E-state index contributed by atoms with van der Waals surface area (Å²) < 4.78 is 0. The van der Waals surface area contributed by atoms with Crippen molar-refractivity contribution >= 4 is 27.5 Å². The summed E-state index contributed by atoms with van der Waals surface area (Å²) in [5.41, 5.74) is 3.24. The SMILES string of the molecule is CCc1cccc(C)c1NC(=O)[C@@H](C)Br. The standard InChI is InChI=1S/C12H16BrNO/c1-4-10-7-5-6-8(2)11(10)14-12(15)9(3)13/h5-7,9H,4H2,1-3H3,(H,14,15)/t9-/m1/s1. The Kier molecular flexibility index (Phi) is 4.33. The molecule has 1 rings (SSSR count). The summed E-state index contributed by atoms with van der Waals surface area (Å²) in [5, 5.41) is 2.94. The van der Waals surface area contributed by atoms with Crippen molar-refractivity contribution in [1.82, 2.24) is 0 Å². The predicted molar refractivity (Wildman–Crippen MR) is 67.6 cm³/mol. The fourth-order valence-electron chi connectivity index (χ4n) is 1.42. The number of hydrogen-bond donors (Lipinski definition) is 1. The number of carbonyl (C=O) groups is 1. The molecule has 1 atom stereocenters. The van der Waals surface area contributed by atoms with E-state index in [1.807, 2.05) is 32.0 Å². The smallest absolute Gasteiger partial charge is 0.237 e. The molecule has 1 aromatic rings. The van der Waals surface area contributed by atoms with Crippen LogP contribution in [0.1, 0.15) is 25.0 Å². The lowest BCUT2D eigenvalue weighted by atomic mass is 10.1. The summed E-state index contributed by atoms with van der Waals surface area (Å²) in [5.74, 6) is -0.000926. The van der Waals surface area contributed by atoms with Gasteiger partial charge in [0.1, 0.15) is 0 Å². The number of amides is 1. The van der Waals surface area contributed by atoms with Gasteiger partial charge >= 0.3 is 0 Å². The van der Waals surface area contributed by atoms with Crippen molar-refractivity contribution in [1.29, 1.82) is 0 Å². The lowest BCUT2D eigenvalue weighted by molar-refractivity contribution is -0.115. The van der Waals surface area contributed by atoms with E-state index in [2.05, 4.69) is 28.2 Å². The Morgan fingerprint density at radius 3 is 2.73 bits per heavy atom. The van der Waals surface area contributed by atoms with Crippen molar-refractivity contribution in [3.05, 3.63) is 29.3 Å². The van der Waals surface area contributed by atoms with Gasteiger partial charge in [0.15, 0.2) is 0 Å². The first kappa shape index (κ1) is 12.2. The molecule has 0 aliphatic carbocycles. The maximum absolute atomic E-state index is 11.6. The molecule has 1 amide bonds. The van der Waals surface area contributed by atoms with Gasteiger partial charge in [-0.25, -0.2) is 0 Å². The van der Waals surface area contributed by atoms with E-state index >= 15 is 0 Å². The second-order valence-electron chi connectivity index (χ2n) is 3.57. The molecule has 0 spiro atoms.